The lowest BCUT2D eigenvalue weighted by molar-refractivity contribution is -0.162. The normalized spacial score (nSPS) is 21.9. The number of amides is 3. The van der Waals surface area contributed by atoms with E-state index < -0.39 is 24.1 Å². The van der Waals surface area contributed by atoms with E-state index in [1.54, 1.807) is 36.4 Å². The van der Waals surface area contributed by atoms with E-state index in [1.807, 2.05) is 0 Å². The number of benzene rings is 1. The third-order valence-electron chi connectivity index (χ3n) is 5.92. The maximum Gasteiger partial charge on any atom is 0.354 e. The van der Waals surface area contributed by atoms with Gasteiger partial charge in [-0.1, -0.05) is 24.3 Å². The smallest absolute Gasteiger partial charge is 0.354 e. The number of fused-ring (bicyclic) bond motifs is 3. The highest BCUT2D eigenvalue weighted by Crippen LogP contribution is 2.49. The Kier molecular flexibility index (Phi) is 5.39. The summed E-state index contributed by atoms with van der Waals surface area (Å²) in [5.74, 6) is -1.68. The summed E-state index contributed by atoms with van der Waals surface area (Å²) in [6.07, 6.45) is 4.92. The molecule has 1 saturated heterocycles. The zero-order valence-corrected chi connectivity index (χ0v) is 17.3. The van der Waals surface area contributed by atoms with Gasteiger partial charge < -0.3 is 14.5 Å². The minimum atomic E-state index is -1.55. The van der Waals surface area contributed by atoms with Gasteiger partial charge in [0.1, 0.15) is 0 Å². The van der Waals surface area contributed by atoms with Gasteiger partial charge in [-0.3, -0.25) is 19.3 Å². The molecule has 1 saturated carbocycles. The van der Waals surface area contributed by atoms with Gasteiger partial charge in [0.15, 0.2) is 6.61 Å². The molecule has 3 amide bonds. The summed E-state index contributed by atoms with van der Waals surface area (Å²) in [4.78, 5) is 56.6. The highest BCUT2D eigenvalue weighted by Gasteiger charge is 2.64. The molecule has 1 aliphatic carbocycles. The minimum Gasteiger partial charge on any atom is -0.452 e. The fourth-order valence-electron chi connectivity index (χ4n) is 4.44. The van der Waals surface area contributed by atoms with Gasteiger partial charge in [-0.25, -0.2) is 4.79 Å². The van der Waals surface area contributed by atoms with Gasteiger partial charge in [0, 0.05) is 32.0 Å². The highest BCUT2D eigenvalue weighted by molar-refractivity contribution is 6.15. The van der Waals surface area contributed by atoms with Crippen molar-refractivity contribution in [2.45, 2.75) is 37.4 Å². The molecule has 31 heavy (non-hydrogen) atoms. The molecule has 1 aromatic carbocycles. The van der Waals surface area contributed by atoms with Crippen LogP contribution in [-0.2, 0) is 19.1 Å². The molecular weight excluding hydrogens is 398 g/mol. The molecule has 0 radical (unpaired) electrons. The number of carbonyl (C=O) groups is 4. The van der Waals surface area contributed by atoms with E-state index in [4.69, 9.17) is 4.74 Å². The van der Waals surface area contributed by atoms with Crippen molar-refractivity contribution in [3.8, 4) is 0 Å². The molecule has 8 heteroatoms. The number of rotatable bonds is 8. The Morgan fingerprint density at radius 2 is 1.84 bits per heavy atom. The lowest BCUT2D eigenvalue weighted by Crippen LogP contribution is -2.69. The van der Waals surface area contributed by atoms with Crippen LogP contribution in [-0.4, -0.2) is 64.9 Å². The van der Waals surface area contributed by atoms with E-state index in [0.29, 0.717) is 11.3 Å². The van der Waals surface area contributed by atoms with E-state index in [0.717, 1.165) is 12.8 Å². The molecule has 0 spiro atoms. The number of hydrogen-bond donors (Lipinski definition) is 0. The second-order valence-electron chi connectivity index (χ2n) is 7.92. The van der Waals surface area contributed by atoms with Gasteiger partial charge in [0.25, 0.3) is 11.8 Å². The molecule has 0 bridgehead atoms. The van der Waals surface area contributed by atoms with E-state index in [2.05, 4.69) is 13.2 Å². The molecule has 2 aliphatic heterocycles. The van der Waals surface area contributed by atoms with E-state index in [9.17, 15) is 19.2 Å². The molecule has 2 heterocycles. The zero-order chi connectivity index (χ0) is 22.2. The number of hydrogen-bond acceptors (Lipinski definition) is 5. The van der Waals surface area contributed by atoms with Crippen LogP contribution in [0.1, 0.15) is 36.0 Å². The molecule has 0 aromatic heterocycles. The predicted octanol–water partition coefficient (Wildman–Crippen LogP) is 1.87. The second-order valence-corrected chi connectivity index (χ2v) is 7.92. The first-order valence-corrected chi connectivity index (χ1v) is 10.4. The molecule has 8 nitrogen and oxygen atoms in total. The predicted molar refractivity (Wildman–Crippen MR) is 113 cm³/mol. The van der Waals surface area contributed by atoms with Crippen LogP contribution in [0.15, 0.2) is 49.6 Å². The molecular formula is C23H25N3O5. The molecule has 0 unspecified atom stereocenters. The summed E-state index contributed by atoms with van der Waals surface area (Å²) in [6.45, 7) is 7.34. The van der Waals surface area contributed by atoms with Gasteiger partial charge in [0.05, 0.1) is 11.3 Å². The van der Waals surface area contributed by atoms with Crippen molar-refractivity contribution >= 4 is 29.4 Å². The van der Waals surface area contributed by atoms with Gasteiger partial charge in [0.2, 0.25) is 11.6 Å². The van der Waals surface area contributed by atoms with Crippen molar-refractivity contribution in [1.29, 1.82) is 0 Å². The van der Waals surface area contributed by atoms with Crippen molar-refractivity contribution < 1.29 is 23.9 Å². The van der Waals surface area contributed by atoms with Gasteiger partial charge in [-0.15, -0.1) is 13.2 Å². The number of nitrogens with zero attached hydrogens (tertiary/aromatic N) is 3. The van der Waals surface area contributed by atoms with Crippen molar-refractivity contribution in [3.63, 3.8) is 0 Å². The number of anilines is 1. The fraction of sp³-hybridized carbons (Fsp3) is 0.391. The lowest BCUT2D eigenvalue weighted by Gasteiger charge is -2.48. The van der Waals surface area contributed by atoms with E-state index in [-0.39, 0.29) is 43.8 Å². The van der Waals surface area contributed by atoms with Crippen LogP contribution in [0, 0.1) is 0 Å². The third-order valence-corrected chi connectivity index (χ3v) is 5.92. The lowest BCUT2D eigenvalue weighted by atomic mass is 9.96. The first kappa shape index (κ1) is 20.8. The van der Waals surface area contributed by atoms with Gasteiger partial charge in [-0.05, 0) is 25.0 Å². The molecule has 1 aromatic rings. The Hall–Kier alpha value is -3.42. The molecule has 2 fully saturated rings. The van der Waals surface area contributed by atoms with Crippen LogP contribution in [0.4, 0.5) is 5.69 Å². The van der Waals surface area contributed by atoms with Crippen molar-refractivity contribution in [3.05, 3.63) is 55.1 Å². The average Bonchev–Trinajstić information content (AvgIpc) is 3.54. The Morgan fingerprint density at radius 3 is 2.48 bits per heavy atom. The topological polar surface area (TPSA) is 87.2 Å². The van der Waals surface area contributed by atoms with Crippen LogP contribution in [0.2, 0.25) is 0 Å². The Labute approximate surface area is 180 Å². The van der Waals surface area contributed by atoms with E-state index >= 15 is 0 Å². The van der Waals surface area contributed by atoms with Crippen LogP contribution in [0.25, 0.3) is 0 Å². The van der Waals surface area contributed by atoms with Gasteiger partial charge >= 0.3 is 5.97 Å². The van der Waals surface area contributed by atoms with Crippen molar-refractivity contribution in [2.75, 3.05) is 24.6 Å². The first-order chi connectivity index (χ1) is 15.0. The Morgan fingerprint density at radius 1 is 1.16 bits per heavy atom. The first-order valence-electron chi connectivity index (χ1n) is 10.4. The molecule has 4 rings (SSSR count). The van der Waals surface area contributed by atoms with Crippen molar-refractivity contribution in [2.24, 2.45) is 0 Å². The summed E-state index contributed by atoms with van der Waals surface area (Å²) in [5.41, 5.74) is -0.742. The van der Waals surface area contributed by atoms with Crippen LogP contribution in [0.5, 0.6) is 0 Å². The number of ether oxygens (including phenoxy) is 1. The molecule has 3 aliphatic rings. The van der Waals surface area contributed by atoms with Crippen LogP contribution < -0.4 is 4.90 Å². The quantitative estimate of drug-likeness (QED) is 0.471. The summed E-state index contributed by atoms with van der Waals surface area (Å²) < 4.78 is 5.45. The van der Waals surface area contributed by atoms with Crippen LogP contribution >= 0.6 is 0 Å². The number of esters is 1. The third kappa shape index (κ3) is 3.32. The standard InChI is InChI=1S/C23H25N3O5/c1-3-13-24(14-4-2)20(28)15-31-22(30)23-12-11-19(27)26(23)18-8-6-5-7-17(18)21(29)25(23)16-9-10-16/h3-8,16H,1-2,9-15H2/t23-/m0/s1. The SMILES string of the molecule is C=CCN(CC=C)C(=O)COC(=O)[C@]12CCC(=O)N1c1ccccc1C(=O)N2C1CC1. The van der Waals surface area contributed by atoms with Crippen LogP contribution in [0.3, 0.4) is 0 Å². The minimum absolute atomic E-state index is 0.118. The summed E-state index contributed by atoms with van der Waals surface area (Å²) in [7, 11) is 0. The number of para-hydroxylation sites is 1. The molecule has 162 valence electrons. The van der Waals surface area contributed by atoms with E-state index in [1.165, 1.54) is 14.7 Å². The van der Waals surface area contributed by atoms with Gasteiger partial charge in [-0.2, -0.15) is 0 Å². The number of carbonyl (C=O) groups excluding carboxylic acids is 4. The Balaban J connectivity index is 1.66. The highest BCUT2D eigenvalue weighted by atomic mass is 16.5. The maximum absolute atomic E-state index is 13.5. The summed E-state index contributed by atoms with van der Waals surface area (Å²) in [6, 6.07) is 6.67. The molecule has 1 atom stereocenters. The summed E-state index contributed by atoms with van der Waals surface area (Å²) >= 11 is 0. The monoisotopic (exact) mass is 423 g/mol. The average molecular weight is 423 g/mol. The maximum atomic E-state index is 13.5. The Bertz CT molecular complexity index is 960. The van der Waals surface area contributed by atoms with Crippen molar-refractivity contribution in [1.82, 2.24) is 9.80 Å². The zero-order valence-electron chi connectivity index (χ0n) is 17.3. The fourth-order valence-corrected chi connectivity index (χ4v) is 4.44. The summed E-state index contributed by atoms with van der Waals surface area (Å²) in [5, 5.41) is 0. The second kappa shape index (κ2) is 8.02. The largest absolute Gasteiger partial charge is 0.452 e. The molecule has 0 N–H and O–H groups in total.